The Hall–Kier alpha value is -1.12. The summed E-state index contributed by atoms with van der Waals surface area (Å²) in [5.41, 5.74) is 0. The van der Waals surface area contributed by atoms with Gasteiger partial charge in [0.1, 0.15) is 0 Å². The van der Waals surface area contributed by atoms with Gasteiger partial charge in [0.25, 0.3) is 0 Å². The number of unbranched alkanes of at least 4 members (excludes halogenated alkanes) is 1. The Bertz CT molecular complexity index is 151. The van der Waals surface area contributed by atoms with Crippen molar-refractivity contribution in [2.24, 2.45) is 0 Å². The molecule has 0 fully saturated rings. The molecule has 0 N–H and O–H groups in total. The van der Waals surface area contributed by atoms with Crippen LogP contribution in [-0.2, 0) is 19.6 Å². The topological polar surface area (TPSA) is 68.6 Å². The first kappa shape index (κ1) is 9.88. The summed E-state index contributed by atoms with van der Waals surface area (Å²) in [5, 5.41) is 12.0. The van der Waals surface area contributed by atoms with E-state index in [1.54, 1.807) is 0 Å². The molecule has 0 saturated heterocycles. The monoisotopic (exact) mass is 159 g/mol. The number of rotatable bonds is 5. The summed E-state index contributed by atoms with van der Waals surface area (Å²) < 4.78 is 0. The largest absolute Gasteiger partial charge is 0.345 e. The Morgan fingerprint density at radius 2 is 2.36 bits per heavy atom. The van der Waals surface area contributed by atoms with Crippen LogP contribution >= 0.6 is 0 Å². The first-order valence-electron chi connectivity index (χ1n) is 3.08. The van der Waals surface area contributed by atoms with Crippen molar-refractivity contribution in [3.8, 4) is 6.07 Å². The Morgan fingerprint density at radius 1 is 1.64 bits per heavy atom. The van der Waals surface area contributed by atoms with Crippen LogP contribution in [0.1, 0.15) is 19.3 Å². The van der Waals surface area contributed by atoms with E-state index >= 15 is 0 Å². The van der Waals surface area contributed by atoms with Gasteiger partial charge < -0.3 is 0 Å². The van der Waals surface area contributed by atoms with Gasteiger partial charge in [-0.3, -0.25) is 4.89 Å². The van der Waals surface area contributed by atoms with Crippen molar-refractivity contribution in [1.82, 2.24) is 0 Å². The minimum Gasteiger partial charge on any atom is -0.269 e. The Morgan fingerprint density at radius 3 is 2.91 bits per heavy atom. The second kappa shape index (κ2) is 6.99. The van der Waals surface area contributed by atoms with Crippen LogP contribution in [-0.4, -0.2) is 13.1 Å². The molecule has 0 spiro atoms. The van der Waals surface area contributed by atoms with Crippen molar-refractivity contribution in [3.05, 3.63) is 0 Å². The summed E-state index contributed by atoms with van der Waals surface area (Å²) in [6.07, 6.45) is 0.974. The molecule has 0 rings (SSSR count). The fourth-order valence-corrected chi connectivity index (χ4v) is 0.425. The van der Waals surface area contributed by atoms with E-state index in [0.717, 1.165) is 0 Å². The molecule has 5 nitrogen and oxygen atoms in total. The summed E-state index contributed by atoms with van der Waals surface area (Å²) in [5.74, 6) is -0.540. The molecule has 0 aromatic heterocycles. The van der Waals surface area contributed by atoms with Crippen LogP contribution in [0.25, 0.3) is 0 Å². The molecule has 62 valence electrons. The average Bonchev–Trinajstić information content (AvgIpc) is 2.01. The molecule has 5 heteroatoms. The van der Waals surface area contributed by atoms with Gasteiger partial charge in [-0.05, 0) is 11.5 Å². The highest BCUT2D eigenvalue weighted by molar-refractivity contribution is 5.68. The minimum absolute atomic E-state index is 0.164. The summed E-state index contributed by atoms with van der Waals surface area (Å²) >= 11 is 0. The first-order chi connectivity index (χ1) is 5.31. The zero-order valence-electron chi connectivity index (χ0n) is 6.20. The van der Waals surface area contributed by atoms with Gasteiger partial charge in [0.2, 0.25) is 0 Å². The van der Waals surface area contributed by atoms with Crippen LogP contribution in [0.3, 0.4) is 0 Å². The maximum Gasteiger partial charge on any atom is 0.345 e. The molecule has 11 heavy (non-hydrogen) atoms. The van der Waals surface area contributed by atoms with Gasteiger partial charge in [-0.15, -0.1) is 0 Å². The zero-order chi connectivity index (χ0) is 8.53. The van der Waals surface area contributed by atoms with Crippen molar-refractivity contribution in [1.29, 1.82) is 5.26 Å². The van der Waals surface area contributed by atoms with Crippen molar-refractivity contribution < 1.29 is 19.6 Å². The maximum absolute atomic E-state index is 10.5. The standard InChI is InChI=1S/C6H9NO4/c1-9-11-10-6(8)4-2-3-5-7/h2-4H2,1H3. The van der Waals surface area contributed by atoms with Crippen LogP contribution in [0.4, 0.5) is 0 Å². The predicted molar refractivity (Wildman–Crippen MR) is 33.6 cm³/mol. The number of carbonyl (C=O) groups is 1. The van der Waals surface area contributed by atoms with Crippen LogP contribution < -0.4 is 0 Å². The highest BCUT2D eigenvalue weighted by Crippen LogP contribution is 1.96. The molecule has 0 aromatic rings. The smallest absolute Gasteiger partial charge is 0.269 e. The van der Waals surface area contributed by atoms with Gasteiger partial charge in [0, 0.05) is 12.8 Å². The fourth-order valence-electron chi connectivity index (χ4n) is 0.425. The van der Waals surface area contributed by atoms with E-state index in [1.807, 2.05) is 6.07 Å². The predicted octanol–water partition coefficient (Wildman–Crippen LogP) is 0.716. The Labute approximate surface area is 64.3 Å². The van der Waals surface area contributed by atoms with Crippen molar-refractivity contribution in [3.63, 3.8) is 0 Å². The second-order valence-corrected chi connectivity index (χ2v) is 1.70. The molecule has 0 saturated carbocycles. The normalized spacial score (nSPS) is 8.73. The third-order valence-corrected chi connectivity index (χ3v) is 0.864. The van der Waals surface area contributed by atoms with E-state index in [-0.39, 0.29) is 6.42 Å². The summed E-state index contributed by atoms with van der Waals surface area (Å²) in [6.45, 7) is 0. The van der Waals surface area contributed by atoms with Crippen LogP contribution in [0.15, 0.2) is 0 Å². The summed E-state index contributed by atoms with van der Waals surface area (Å²) in [4.78, 5) is 18.6. The summed E-state index contributed by atoms with van der Waals surface area (Å²) in [6, 6.07) is 1.90. The zero-order valence-corrected chi connectivity index (χ0v) is 6.20. The lowest BCUT2D eigenvalue weighted by Crippen LogP contribution is -2.04. The minimum atomic E-state index is -0.540. The number of hydrogen-bond donors (Lipinski definition) is 0. The number of hydrogen-bond acceptors (Lipinski definition) is 5. The SMILES string of the molecule is COOOC(=O)CCCC#N. The lowest BCUT2D eigenvalue weighted by Gasteiger charge is -1.96. The van der Waals surface area contributed by atoms with Gasteiger partial charge >= 0.3 is 5.97 Å². The van der Waals surface area contributed by atoms with Crippen LogP contribution in [0, 0.1) is 11.3 Å². The van der Waals surface area contributed by atoms with E-state index in [0.29, 0.717) is 12.8 Å². The van der Waals surface area contributed by atoms with Gasteiger partial charge in [0.15, 0.2) is 0 Å². The molecule has 0 unspecified atom stereocenters. The van der Waals surface area contributed by atoms with Gasteiger partial charge in [-0.1, -0.05) is 0 Å². The highest BCUT2D eigenvalue weighted by atomic mass is 17.5. The molecule has 0 aromatic carbocycles. The molecule has 0 aliphatic heterocycles. The molecular weight excluding hydrogens is 150 g/mol. The summed E-state index contributed by atoms with van der Waals surface area (Å²) in [7, 11) is 1.22. The van der Waals surface area contributed by atoms with Gasteiger partial charge in [-0.2, -0.15) is 10.1 Å². The van der Waals surface area contributed by atoms with Crippen LogP contribution in [0.2, 0.25) is 0 Å². The molecule has 0 bridgehead atoms. The lowest BCUT2D eigenvalue weighted by molar-refractivity contribution is -0.475. The second-order valence-electron chi connectivity index (χ2n) is 1.70. The Kier molecular flexibility index (Phi) is 6.28. The van der Waals surface area contributed by atoms with Crippen molar-refractivity contribution in [2.75, 3.05) is 7.11 Å². The highest BCUT2D eigenvalue weighted by Gasteiger charge is 2.02. The fraction of sp³-hybridized carbons (Fsp3) is 0.667. The first-order valence-corrected chi connectivity index (χ1v) is 3.08. The number of nitrogens with zero attached hydrogens (tertiary/aromatic N) is 1. The van der Waals surface area contributed by atoms with E-state index < -0.39 is 5.97 Å². The number of carbonyl (C=O) groups excluding carboxylic acids is 1. The van der Waals surface area contributed by atoms with E-state index in [4.69, 9.17) is 5.26 Å². The van der Waals surface area contributed by atoms with Crippen LogP contribution in [0.5, 0.6) is 0 Å². The van der Waals surface area contributed by atoms with E-state index in [2.05, 4.69) is 14.8 Å². The maximum atomic E-state index is 10.5. The molecule has 0 amide bonds. The third-order valence-electron chi connectivity index (χ3n) is 0.864. The van der Waals surface area contributed by atoms with Gasteiger partial charge in [0.05, 0.1) is 13.2 Å². The average molecular weight is 159 g/mol. The van der Waals surface area contributed by atoms with Crippen molar-refractivity contribution in [2.45, 2.75) is 19.3 Å². The quantitative estimate of drug-likeness (QED) is 0.336. The molecule has 0 aliphatic rings. The van der Waals surface area contributed by atoms with E-state index in [9.17, 15) is 4.79 Å². The lowest BCUT2D eigenvalue weighted by atomic mass is 10.2. The molecule has 0 radical (unpaired) electrons. The Balaban J connectivity index is 3.17. The molecule has 0 heterocycles. The third kappa shape index (κ3) is 6.77. The molecule has 0 atom stereocenters. The molecule has 0 aliphatic carbocycles. The van der Waals surface area contributed by atoms with Crippen molar-refractivity contribution >= 4 is 5.97 Å². The molecular formula is C6H9NO4. The van der Waals surface area contributed by atoms with Gasteiger partial charge in [-0.25, -0.2) is 4.79 Å². The number of nitriles is 1. The van der Waals surface area contributed by atoms with E-state index in [1.165, 1.54) is 7.11 Å².